The predicted molar refractivity (Wildman–Crippen MR) is 170 cm³/mol. The fourth-order valence-corrected chi connectivity index (χ4v) is 7.69. The second-order valence-corrected chi connectivity index (χ2v) is 13.0. The highest BCUT2D eigenvalue weighted by Gasteiger charge is 2.32. The highest BCUT2D eigenvalue weighted by molar-refractivity contribution is 5.71. The van der Waals surface area contributed by atoms with Crippen molar-refractivity contribution in [1.29, 1.82) is 0 Å². The molecule has 0 atom stereocenters. The average Bonchev–Trinajstić information content (AvgIpc) is 3.04. The Labute approximate surface area is 255 Å². The minimum Gasteiger partial charge on any atom is -0.203 e. The molecule has 0 aliphatic heterocycles. The Bertz CT molecular complexity index is 1370. The van der Waals surface area contributed by atoms with Crippen LogP contribution in [-0.4, -0.2) is 0 Å². The molecule has 2 saturated carbocycles. The molecule has 0 radical (unpaired) electrons. The molecule has 0 nitrogen and oxygen atoms in total. The highest BCUT2D eigenvalue weighted by Crippen LogP contribution is 2.45. The molecule has 3 aromatic rings. The summed E-state index contributed by atoms with van der Waals surface area (Å²) in [5.74, 6) is -0.808. The zero-order valence-corrected chi connectivity index (χ0v) is 25.8. The molecule has 5 rings (SSSR count). The van der Waals surface area contributed by atoms with Crippen LogP contribution < -0.4 is 0 Å². The molecule has 0 spiro atoms. The monoisotopic (exact) mass is 590 g/mol. The van der Waals surface area contributed by atoms with E-state index in [1.165, 1.54) is 44.9 Å². The summed E-state index contributed by atoms with van der Waals surface area (Å²) in [7, 11) is 0. The molecule has 2 aliphatic carbocycles. The third kappa shape index (κ3) is 7.27. The van der Waals surface area contributed by atoms with Crippen molar-refractivity contribution >= 4 is 0 Å². The van der Waals surface area contributed by atoms with Crippen molar-refractivity contribution < 1.29 is 17.6 Å². The van der Waals surface area contributed by atoms with Crippen LogP contribution >= 0.6 is 0 Å². The van der Waals surface area contributed by atoms with Gasteiger partial charge in [0.05, 0.1) is 0 Å². The lowest BCUT2D eigenvalue weighted by molar-refractivity contribution is 0.155. The lowest BCUT2D eigenvalue weighted by Gasteiger charge is -2.38. The first-order valence-electron chi connectivity index (χ1n) is 16.6. The highest BCUT2D eigenvalue weighted by atomic mass is 19.2. The summed E-state index contributed by atoms with van der Waals surface area (Å²) < 4.78 is 60.5. The van der Waals surface area contributed by atoms with E-state index >= 15 is 8.78 Å². The minimum absolute atomic E-state index is 0.0573. The van der Waals surface area contributed by atoms with Crippen LogP contribution in [0.25, 0.3) is 22.3 Å². The number of unbranched alkanes of at least 4 members (excludes halogenated alkanes) is 1. The second kappa shape index (κ2) is 14.7. The number of hydrogen-bond acceptors (Lipinski definition) is 0. The van der Waals surface area contributed by atoms with E-state index in [1.807, 2.05) is 19.1 Å². The van der Waals surface area contributed by atoms with Gasteiger partial charge in [-0.05, 0) is 104 Å². The standard InChI is InChI=1S/C39H46F4/c1-3-5-7-9-32-22-23-33(37(41)36(32)40)30-18-20-31(21-19-30)35-25-24-34(38(42)39(35)43)29-16-14-28(15-17-29)27-12-10-26(11-13-27)8-6-4-2/h3,5,18-29H,4,6-17H2,1-2H3/b5-3+. The normalized spacial score (nSPS) is 22.7. The number of allylic oxidation sites excluding steroid dienone is 2. The van der Waals surface area contributed by atoms with Crippen LogP contribution in [-0.2, 0) is 6.42 Å². The quantitative estimate of drug-likeness (QED) is 0.163. The van der Waals surface area contributed by atoms with Gasteiger partial charge in [-0.25, -0.2) is 17.6 Å². The fraction of sp³-hybridized carbons (Fsp3) is 0.487. The lowest BCUT2D eigenvalue weighted by Crippen LogP contribution is -2.25. The number of rotatable bonds is 10. The van der Waals surface area contributed by atoms with E-state index in [1.54, 1.807) is 48.5 Å². The molecule has 0 N–H and O–H groups in total. The summed E-state index contributed by atoms with van der Waals surface area (Å²) in [5.41, 5.74) is 2.17. The summed E-state index contributed by atoms with van der Waals surface area (Å²) >= 11 is 0. The Balaban J connectivity index is 1.22. The molecule has 3 aromatic carbocycles. The zero-order chi connectivity index (χ0) is 30.3. The van der Waals surface area contributed by atoms with E-state index in [4.69, 9.17) is 0 Å². The third-order valence-corrected chi connectivity index (χ3v) is 10.3. The lowest BCUT2D eigenvalue weighted by atomic mass is 9.68. The molecule has 2 fully saturated rings. The van der Waals surface area contributed by atoms with Gasteiger partial charge in [0.15, 0.2) is 23.3 Å². The van der Waals surface area contributed by atoms with E-state index in [0.717, 1.165) is 43.4 Å². The first kappa shape index (κ1) is 31.5. The fourth-order valence-electron chi connectivity index (χ4n) is 7.69. The van der Waals surface area contributed by atoms with Crippen LogP contribution in [0, 0.1) is 41.0 Å². The Morgan fingerprint density at radius 1 is 0.651 bits per heavy atom. The summed E-state index contributed by atoms with van der Waals surface area (Å²) in [6.07, 6.45) is 18.3. The van der Waals surface area contributed by atoms with Gasteiger partial charge in [-0.1, -0.05) is 99.7 Å². The Hall–Kier alpha value is -2.88. The molecular weight excluding hydrogens is 544 g/mol. The van der Waals surface area contributed by atoms with Gasteiger partial charge >= 0.3 is 0 Å². The third-order valence-electron chi connectivity index (χ3n) is 10.3. The first-order valence-corrected chi connectivity index (χ1v) is 16.6. The molecule has 0 heterocycles. The van der Waals surface area contributed by atoms with E-state index in [-0.39, 0.29) is 17.0 Å². The SMILES string of the molecule is C/C=C/CCc1ccc(-c2ccc(-c3ccc(C4CCC(C5CCC(CCCC)CC5)CC4)c(F)c3F)cc2)c(F)c1F. The first-order chi connectivity index (χ1) is 20.9. The predicted octanol–water partition coefficient (Wildman–Crippen LogP) is 12.4. The van der Waals surface area contributed by atoms with Crippen LogP contribution in [0.1, 0.15) is 108 Å². The second-order valence-electron chi connectivity index (χ2n) is 13.0. The molecular formula is C39H46F4. The maximum atomic E-state index is 15.4. The number of aryl methyl sites for hydroxylation is 1. The van der Waals surface area contributed by atoms with Crippen LogP contribution in [0.4, 0.5) is 17.6 Å². The number of halogens is 4. The van der Waals surface area contributed by atoms with E-state index in [0.29, 0.717) is 35.1 Å². The molecule has 0 bridgehead atoms. The molecule has 43 heavy (non-hydrogen) atoms. The van der Waals surface area contributed by atoms with Gasteiger partial charge in [0.1, 0.15) is 0 Å². The molecule has 0 amide bonds. The Kier molecular flexibility index (Phi) is 10.8. The summed E-state index contributed by atoms with van der Waals surface area (Å²) in [4.78, 5) is 0. The maximum Gasteiger partial charge on any atom is 0.166 e. The van der Waals surface area contributed by atoms with Gasteiger partial charge in [0.25, 0.3) is 0 Å². The van der Waals surface area contributed by atoms with Gasteiger partial charge in [-0.15, -0.1) is 0 Å². The van der Waals surface area contributed by atoms with Gasteiger partial charge in [0, 0.05) is 11.1 Å². The van der Waals surface area contributed by atoms with Crippen molar-refractivity contribution in [3.8, 4) is 22.3 Å². The van der Waals surface area contributed by atoms with Crippen molar-refractivity contribution in [2.45, 2.75) is 103 Å². The van der Waals surface area contributed by atoms with Crippen LogP contribution in [0.3, 0.4) is 0 Å². The van der Waals surface area contributed by atoms with Crippen molar-refractivity contribution in [2.24, 2.45) is 17.8 Å². The summed E-state index contributed by atoms with van der Waals surface area (Å²) in [6.45, 7) is 4.16. The molecule has 0 aromatic heterocycles. The van der Waals surface area contributed by atoms with Gasteiger partial charge in [-0.3, -0.25) is 0 Å². The van der Waals surface area contributed by atoms with E-state index in [9.17, 15) is 8.78 Å². The van der Waals surface area contributed by atoms with Crippen LogP contribution in [0.2, 0.25) is 0 Å². The topological polar surface area (TPSA) is 0 Å². The van der Waals surface area contributed by atoms with Crippen molar-refractivity contribution in [1.82, 2.24) is 0 Å². The van der Waals surface area contributed by atoms with Crippen molar-refractivity contribution in [2.75, 3.05) is 0 Å². The summed E-state index contributed by atoms with van der Waals surface area (Å²) in [5, 5.41) is 0. The molecule has 0 saturated heterocycles. The Morgan fingerprint density at radius 2 is 1.21 bits per heavy atom. The number of benzene rings is 3. The minimum atomic E-state index is -0.887. The summed E-state index contributed by atoms with van der Waals surface area (Å²) in [6, 6.07) is 13.2. The van der Waals surface area contributed by atoms with Crippen molar-refractivity contribution in [3.63, 3.8) is 0 Å². The largest absolute Gasteiger partial charge is 0.203 e. The van der Waals surface area contributed by atoms with Gasteiger partial charge in [0.2, 0.25) is 0 Å². The maximum absolute atomic E-state index is 15.4. The smallest absolute Gasteiger partial charge is 0.166 e. The average molecular weight is 591 g/mol. The van der Waals surface area contributed by atoms with Crippen LogP contribution in [0.15, 0.2) is 60.7 Å². The van der Waals surface area contributed by atoms with Gasteiger partial charge in [-0.2, -0.15) is 0 Å². The van der Waals surface area contributed by atoms with E-state index < -0.39 is 23.3 Å². The molecule has 230 valence electrons. The molecule has 0 unspecified atom stereocenters. The number of hydrogen-bond donors (Lipinski definition) is 0. The zero-order valence-electron chi connectivity index (χ0n) is 25.8. The van der Waals surface area contributed by atoms with Crippen molar-refractivity contribution in [3.05, 3.63) is 95.1 Å². The Morgan fingerprint density at radius 3 is 1.79 bits per heavy atom. The van der Waals surface area contributed by atoms with Gasteiger partial charge < -0.3 is 0 Å². The molecule has 4 heteroatoms. The van der Waals surface area contributed by atoms with Crippen LogP contribution in [0.5, 0.6) is 0 Å². The van der Waals surface area contributed by atoms with E-state index in [2.05, 4.69) is 6.92 Å². The molecule has 2 aliphatic rings.